The predicted molar refractivity (Wildman–Crippen MR) is 109 cm³/mol. The Kier molecular flexibility index (Phi) is 3.24. The van der Waals surface area contributed by atoms with Gasteiger partial charge in [0.15, 0.2) is 0 Å². The van der Waals surface area contributed by atoms with Gasteiger partial charge in [-0.15, -0.1) is 0 Å². The zero-order valence-corrected chi connectivity index (χ0v) is 14.4. The Hall–Kier alpha value is -2.86. The van der Waals surface area contributed by atoms with Gasteiger partial charge in [0.1, 0.15) is 0 Å². The lowest BCUT2D eigenvalue weighted by Gasteiger charge is -2.12. The minimum absolute atomic E-state index is 1.10. The summed E-state index contributed by atoms with van der Waals surface area (Å²) in [6.45, 7) is 2.25. The van der Waals surface area contributed by atoms with E-state index in [2.05, 4.69) is 85.8 Å². The number of fused-ring (bicyclic) bond motifs is 3. The van der Waals surface area contributed by atoms with Crippen molar-refractivity contribution in [3.63, 3.8) is 0 Å². The van der Waals surface area contributed by atoms with Crippen LogP contribution in [0.15, 0.2) is 78.4 Å². The fraction of sp³-hybridized carbons (Fsp3) is 0.120. The van der Waals surface area contributed by atoms with Crippen LogP contribution >= 0.6 is 0 Å². The summed E-state index contributed by atoms with van der Waals surface area (Å²) >= 11 is 0. The minimum Gasteiger partial charge on any atom is -0.0655 e. The molecule has 4 aromatic carbocycles. The van der Waals surface area contributed by atoms with Crippen LogP contribution in [0.25, 0.3) is 38.7 Å². The van der Waals surface area contributed by atoms with Crippen molar-refractivity contribution in [3.05, 3.63) is 89.5 Å². The van der Waals surface area contributed by atoms with Crippen molar-refractivity contribution in [2.45, 2.75) is 19.8 Å². The second kappa shape index (κ2) is 5.60. The average molecular weight is 320 g/mol. The molecule has 0 fully saturated rings. The first kappa shape index (κ1) is 14.5. The average Bonchev–Trinajstić information content (AvgIpc) is 3.09. The van der Waals surface area contributed by atoms with Gasteiger partial charge in [-0.05, 0) is 68.8 Å². The summed E-state index contributed by atoms with van der Waals surface area (Å²) in [7, 11) is 0. The molecule has 0 nitrogen and oxygen atoms in total. The van der Waals surface area contributed by atoms with E-state index in [0.29, 0.717) is 0 Å². The molecular weight excluding hydrogens is 300 g/mol. The van der Waals surface area contributed by atoms with Crippen molar-refractivity contribution in [3.8, 4) is 11.1 Å². The van der Waals surface area contributed by atoms with Crippen molar-refractivity contribution >= 4 is 27.6 Å². The van der Waals surface area contributed by atoms with Crippen LogP contribution in [-0.2, 0) is 6.42 Å². The molecule has 120 valence electrons. The smallest absolute Gasteiger partial charge is 0.00577 e. The van der Waals surface area contributed by atoms with Crippen LogP contribution in [0.3, 0.4) is 0 Å². The third-order valence-corrected chi connectivity index (χ3v) is 5.45. The summed E-state index contributed by atoms with van der Waals surface area (Å²) in [6.07, 6.45) is 4.65. The monoisotopic (exact) mass is 320 g/mol. The molecule has 0 saturated heterocycles. The van der Waals surface area contributed by atoms with Crippen molar-refractivity contribution in [1.29, 1.82) is 0 Å². The highest BCUT2D eigenvalue weighted by Gasteiger charge is 2.16. The maximum atomic E-state index is 2.41. The Morgan fingerprint density at radius 3 is 2.28 bits per heavy atom. The maximum absolute atomic E-state index is 2.41. The van der Waals surface area contributed by atoms with E-state index in [1.165, 1.54) is 49.4 Å². The van der Waals surface area contributed by atoms with E-state index >= 15 is 0 Å². The van der Waals surface area contributed by atoms with Gasteiger partial charge in [0.25, 0.3) is 0 Å². The third kappa shape index (κ3) is 2.29. The first-order valence-electron chi connectivity index (χ1n) is 9.07. The van der Waals surface area contributed by atoms with E-state index in [9.17, 15) is 0 Å². The summed E-state index contributed by atoms with van der Waals surface area (Å²) in [5.41, 5.74) is 7.12. The predicted octanol–water partition coefficient (Wildman–Crippen LogP) is 7.01. The molecule has 0 aromatic heterocycles. The normalized spacial score (nSPS) is 13.2. The largest absolute Gasteiger partial charge is 0.0655 e. The molecule has 0 saturated carbocycles. The zero-order valence-electron chi connectivity index (χ0n) is 14.4. The molecule has 0 heteroatoms. The summed E-state index contributed by atoms with van der Waals surface area (Å²) in [5, 5.41) is 5.26. The summed E-state index contributed by atoms with van der Waals surface area (Å²) in [4.78, 5) is 0. The van der Waals surface area contributed by atoms with Gasteiger partial charge < -0.3 is 0 Å². The van der Waals surface area contributed by atoms with E-state index in [1.54, 1.807) is 0 Å². The highest BCUT2D eigenvalue weighted by Crippen LogP contribution is 2.38. The Balaban J connectivity index is 1.81. The van der Waals surface area contributed by atoms with E-state index < -0.39 is 0 Å². The molecule has 25 heavy (non-hydrogen) atoms. The Bertz CT molecular complexity index is 1150. The second-order valence-electron chi connectivity index (χ2n) is 6.94. The van der Waals surface area contributed by atoms with Crippen LogP contribution in [0.1, 0.15) is 24.5 Å². The lowest BCUT2D eigenvalue weighted by Crippen LogP contribution is -1.89. The standard InChI is InChI=1S/C25H20/c1-2-17-13-20-9-5-11-22(24(20)14-17)23-12-6-10-21-15-18-7-3-4-8-19(18)16-25(21)23/h3-12,14-16H,2,13H2,1H3. The number of hydrogen-bond acceptors (Lipinski definition) is 0. The Morgan fingerprint density at radius 1 is 0.720 bits per heavy atom. The van der Waals surface area contributed by atoms with Gasteiger partial charge in [-0.25, -0.2) is 0 Å². The second-order valence-corrected chi connectivity index (χ2v) is 6.94. The fourth-order valence-corrected chi connectivity index (χ4v) is 4.10. The lowest BCUT2D eigenvalue weighted by molar-refractivity contribution is 1.04. The van der Waals surface area contributed by atoms with Gasteiger partial charge in [0.2, 0.25) is 0 Å². The summed E-state index contributed by atoms with van der Waals surface area (Å²) in [5.74, 6) is 0. The van der Waals surface area contributed by atoms with Crippen LogP contribution in [0.2, 0.25) is 0 Å². The molecule has 5 rings (SSSR count). The van der Waals surface area contributed by atoms with Crippen molar-refractivity contribution in [1.82, 2.24) is 0 Å². The Labute approximate surface area is 148 Å². The minimum atomic E-state index is 1.10. The van der Waals surface area contributed by atoms with Crippen LogP contribution < -0.4 is 0 Å². The van der Waals surface area contributed by atoms with Crippen LogP contribution in [-0.4, -0.2) is 0 Å². The van der Waals surface area contributed by atoms with E-state index in [1.807, 2.05) is 0 Å². The number of benzene rings is 4. The van der Waals surface area contributed by atoms with Crippen LogP contribution in [0.5, 0.6) is 0 Å². The van der Waals surface area contributed by atoms with Gasteiger partial charge in [-0.3, -0.25) is 0 Å². The highest BCUT2D eigenvalue weighted by atomic mass is 14.2. The maximum Gasteiger partial charge on any atom is -0.00577 e. The highest BCUT2D eigenvalue weighted by molar-refractivity contribution is 6.06. The van der Waals surface area contributed by atoms with Gasteiger partial charge in [0, 0.05) is 0 Å². The van der Waals surface area contributed by atoms with Gasteiger partial charge in [0.05, 0.1) is 0 Å². The molecule has 0 amide bonds. The van der Waals surface area contributed by atoms with Crippen molar-refractivity contribution < 1.29 is 0 Å². The zero-order chi connectivity index (χ0) is 16.8. The summed E-state index contributed by atoms with van der Waals surface area (Å²) in [6, 6.07) is 26.7. The molecule has 0 N–H and O–H groups in total. The van der Waals surface area contributed by atoms with Crippen molar-refractivity contribution in [2.75, 3.05) is 0 Å². The van der Waals surface area contributed by atoms with E-state index in [4.69, 9.17) is 0 Å². The molecule has 4 aromatic rings. The SMILES string of the molecule is CCC1=Cc2c(cccc2-c2cccc3cc4ccccc4cc23)C1. The molecule has 0 spiro atoms. The molecular formula is C25H20. The number of rotatable bonds is 2. The summed E-state index contributed by atoms with van der Waals surface area (Å²) < 4.78 is 0. The Morgan fingerprint density at radius 2 is 1.44 bits per heavy atom. The molecule has 1 aliphatic carbocycles. The molecule has 0 radical (unpaired) electrons. The molecule has 0 aliphatic heterocycles. The van der Waals surface area contributed by atoms with Crippen LogP contribution in [0.4, 0.5) is 0 Å². The molecule has 0 bridgehead atoms. The molecule has 0 unspecified atom stereocenters. The number of allylic oxidation sites excluding steroid dienone is 1. The van der Waals surface area contributed by atoms with Gasteiger partial charge in [-0.2, -0.15) is 0 Å². The third-order valence-electron chi connectivity index (χ3n) is 5.45. The van der Waals surface area contributed by atoms with Gasteiger partial charge >= 0.3 is 0 Å². The first-order chi connectivity index (χ1) is 12.3. The molecule has 1 aliphatic rings. The van der Waals surface area contributed by atoms with E-state index in [0.717, 1.165) is 12.8 Å². The van der Waals surface area contributed by atoms with Crippen LogP contribution in [0, 0.1) is 0 Å². The molecule has 0 heterocycles. The molecule has 0 atom stereocenters. The fourth-order valence-electron chi connectivity index (χ4n) is 4.10. The number of hydrogen-bond donors (Lipinski definition) is 0. The first-order valence-corrected chi connectivity index (χ1v) is 9.07. The lowest BCUT2D eigenvalue weighted by atomic mass is 9.92. The van der Waals surface area contributed by atoms with Crippen molar-refractivity contribution in [2.24, 2.45) is 0 Å². The van der Waals surface area contributed by atoms with E-state index in [-0.39, 0.29) is 0 Å². The quantitative estimate of drug-likeness (QED) is 0.348. The topological polar surface area (TPSA) is 0 Å². The van der Waals surface area contributed by atoms with Gasteiger partial charge in [-0.1, -0.05) is 79.2 Å².